The fraction of sp³-hybridized carbons (Fsp3) is 0.0909. The van der Waals surface area contributed by atoms with Gasteiger partial charge in [-0.1, -0.05) is 30.3 Å². The van der Waals surface area contributed by atoms with Crippen LogP contribution in [0.4, 0.5) is 10.1 Å². The predicted molar refractivity (Wildman–Crippen MR) is 105 cm³/mol. The van der Waals surface area contributed by atoms with Crippen LogP contribution in [0.2, 0.25) is 0 Å². The Morgan fingerprint density at radius 3 is 2.37 bits per heavy atom. The SMILES string of the molecule is CN(C(=O)Cn1c(-c2ccc(F)cc2)nc2ccccc21)c1ccccc1. The Morgan fingerprint density at radius 1 is 0.963 bits per heavy atom. The summed E-state index contributed by atoms with van der Waals surface area (Å²) in [7, 11) is 1.76. The number of benzene rings is 3. The fourth-order valence-corrected chi connectivity index (χ4v) is 3.09. The minimum atomic E-state index is -0.304. The molecule has 1 aromatic heterocycles. The summed E-state index contributed by atoms with van der Waals surface area (Å²) >= 11 is 0. The zero-order chi connectivity index (χ0) is 18.8. The van der Waals surface area contributed by atoms with E-state index in [2.05, 4.69) is 4.98 Å². The standard InChI is InChI=1S/C22H18FN3O/c1-25(18-7-3-2-4-8-18)21(27)15-26-20-10-6-5-9-19(20)24-22(26)16-11-13-17(23)14-12-16/h2-14H,15H2,1H3. The summed E-state index contributed by atoms with van der Waals surface area (Å²) in [6.45, 7) is 0.138. The van der Waals surface area contributed by atoms with Gasteiger partial charge in [0.2, 0.25) is 5.91 Å². The van der Waals surface area contributed by atoms with E-state index in [4.69, 9.17) is 0 Å². The molecule has 0 bridgehead atoms. The van der Waals surface area contributed by atoms with Crippen LogP contribution in [0.15, 0.2) is 78.9 Å². The Morgan fingerprint density at radius 2 is 1.63 bits per heavy atom. The molecule has 0 saturated heterocycles. The number of amides is 1. The van der Waals surface area contributed by atoms with Crippen molar-refractivity contribution in [2.24, 2.45) is 0 Å². The number of likely N-dealkylation sites (N-methyl/N-ethyl adjacent to an activating group) is 1. The molecule has 0 spiro atoms. The molecule has 5 heteroatoms. The number of nitrogens with zero attached hydrogens (tertiary/aromatic N) is 3. The van der Waals surface area contributed by atoms with Crippen LogP contribution in [-0.2, 0) is 11.3 Å². The lowest BCUT2D eigenvalue weighted by atomic mass is 10.2. The molecule has 4 rings (SSSR count). The van der Waals surface area contributed by atoms with Crippen LogP contribution in [0.25, 0.3) is 22.4 Å². The molecule has 0 saturated carbocycles. The Balaban J connectivity index is 1.75. The van der Waals surface area contributed by atoms with Gasteiger partial charge in [0.25, 0.3) is 0 Å². The third-order valence-corrected chi connectivity index (χ3v) is 4.57. The van der Waals surface area contributed by atoms with Crippen LogP contribution in [-0.4, -0.2) is 22.5 Å². The fourth-order valence-electron chi connectivity index (χ4n) is 3.09. The molecule has 134 valence electrons. The van der Waals surface area contributed by atoms with Crippen molar-refractivity contribution in [1.82, 2.24) is 9.55 Å². The summed E-state index contributed by atoms with van der Waals surface area (Å²) in [5, 5.41) is 0. The lowest BCUT2D eigenvalue weighted by Crippen LogP contribution is -2.30. The third-order valence-electron chi connectivity index (χ3n) is 4.57. The van der Waals surface area contributed by atoms with Gasteiger partial charge in [-0.25, -0.2) is 9.37 Å². The maximum absolute atomic E-state index is 13.3. The molecule has 27 heavy (non-hydrogen) atoms. The van der Waals surface area contributed by atoms with Crippen molar-refractivity contribution < 1.29 is 9.18 Å². The summed E-state index contributed by atoms with van der Waals surface area (Å²) in [5.74, 6) is 0.278. The molecule has 0 unspecified atom stereocenters. The molecule has 0 N–H and O–H groups in total. The number of hydrogen-bond donors (Lipinski definition) is 0. The predicted octanol–water partition coefficient (Wildman–Crippen LogP) is 4.51. The number of imidazole rings is 1. The second-order valence-corrected chi connectivity index (χ2v) is 6.31. The average Bonchev–Trinajstić information content (AvgIpc) is 3.07. The van der Waals surface area contributed by atoms with Gasteiger partial charge in [0, 0.05) is 18.3 Å². The Hall–Kier alpha value is -3.47. The molecule has 4 nitrogen and oxygen atoms in total. The number of aromatic nitrogens is 2. The molecular weight excluding hydrogens is 341 g/mol. The van der Waals surface area contributed by atoms with Crippen LogP contribution in [0.5, 0.6) is 0 Å². The number of anilines is 1. The quantitative estimate of drug-likeness (QED) is 0.538. The molecule has 1 heterocycles. The summed E-state index contributed by atoms with van der Waals surface area (Å²) in [5.41, 5.74) is 3.26. The number of fused-ring (bicyclic) bond motifs is 1. The summed E-state index contributed by atoms with van der Waals surface area (Å²) in [6, 6.07) is 23.3. The number of carbonyl (C=O) groups excluding carboxylic acids is 1. The minimum Gasteiger partial charge on any atom is -0.314 e. The number of rotatable bonds is 4. The maximum atomic E-state index is 13.3. The van der Waals surface area contributed by atoms with Crippen molar-refractivity contribution in [1.29, 1.82) is 0 Å². The van der Waals surface area contributed by atoms with E-state index in [0.29, 0.717) is 5.82 Å². The van der Waals surface area contributed by atoms with Crippen LogP contribution in [0, 0.1) is 5.82 Å². The van der Waals surface area contributed by atoms with E-state index in [0.717, 1.165) is 22.3 Å². The molecule has 0 fully saturated rings. The van der Waals surface area contributed by atoms with Gasteiger partial charge >= 0.3 is 0 Å². The summed E-state index contributed by atoms with van der Waals surface area (Å²) in [4.78, 5) is 19.2. The van der Waals surface area contributed by atoms with Crippen LogP contribution < -0.4 is 4.90 Å². The van der Waals surface area contributed by atoms with E-state index in [1.165, 1.54) is 12.1 Å². The van der Waals surface area contributed by atoms with E-state index in [1.54, 1.807) is 24.1 Å². The van der Waals surface area contributed by atoms with E-state index in [1.807, 2.05) is 59.2 Å². The van der Waals surface area contributed by atoms with Crippen molar-refractivity contribution in [3.63, 3.8) is 0 Å². The van der Waals surface area contributed by atoms with E-state index < -0.39 is 0 Å². The van der Waals surface area contributed by atoms with Gasteiger partial charge in [0.1, 0.15) is 18.2 Å². The molecular formula is C22H18FN3O. The zero-order valence-corrected chi connectivity index (χ0v) is 14.8. The summed E-state index contributed by atoms with van der Waals surface area (Å²) < 4.78 is 15.2. The number of para-hydroxylation sites is 3. The van der Waals surface area contributed by atoms with Crippen LogP contribution in [0.1, 0.15) is 0 Å². The van der Waals surface area contributed by atoms with E-state index in [9.17, 15) is 9.18 Å². The molecule has 1 amide bonds. The normalized spacial score (nSPS) is 10.9. The monoisotopic (exact) mass is 359 g/mol. The van der Waals surface area contributed by atoms with E-state index >= 15 is 0 Å². The third kappa shape index (κ3) is 3.31. The first-order valence-electron chi connectivity index (χ1n) is 8.66. The minimum absolute atomic E-state index is 0.0623. The van der Waals surface area contributed by atoms with Gasteiger partial charge in [-0.3, -0.25) is 4.79 Å². The molecule has 4 aromatic rings. The van der Waals surface area contributed by atoms with Gasteiger partial charge in [-0.05, 0) is 48.5 Å². The summed E-state index contributed by atoms with van der Waals surface area (Å²) in [6.07, 6.45) is 0. The molecule has 0 atom stereocenters. The Labute approximate surface area is 156 Å². The van der Waals surface area contributed by atoms with Gasteiger partial charge in [-0.2, -0.15) is 0 Å². The molecule has 3 aromatic carbocycles. The number of halogens is 1. The molecule has 0 aliphatic heterocycles. The highest BCUT2D eigenvalue weighted by molar-refractivity contribution is 5.94. The Bertz CT molecular complexity index is 1090. The topological polar surface area (TPSA) is 38.1 Å². The molecule has 0 aliphatic carbocycles. The van der Waals surface area contributed by atoms with Crippen molar-refractivity contribution in [3.8, 4) is 11.4 Å². The van der Waals surface area contributed by atoms with Gasteiger partial charge in [0.15, 0.2) is 0 Å². The molecule has 0 radical (unpaired) electrons. The number of carbonyl (C=O) groups is 1. The first-order valence-corrected chi connectivity index (χ1v) is 8.66. The number of hydrogen-bond acceptors (Lipinski definition) is 2. The van der Waals surface area contributed by atoms with Gasteiger partial charge in [0.05, 0.1) is 11.0 Å². The van der Waals surface area contributed by atoms with Gasteiger partial charge in [-0.15, -0.1) is 0 Å². The van der Waals surface area contributed by atoms with Crippen LogP contribution in [0.3, 0.4) is 0 Å². The van der Waals surface area contributed by atoms with Crippen molar-refractivity contribution in [3.05, 3.63) is 84.7 Å². The van der Waals surface area contributed by atoms with Crippen molar-refractivity contribution in [2.75, 3.05) is 11.9 Å². The highest BCUT2D eigenvalue weighted by Crippen LogP contribution is 2.25. The van der Waals surface area contributed by atoms with Gasteiger partial charge < -0.3 is 9.47 Å². The highest BCUT2D eigenvalue weighted by Gasteiger charge is 2.18. The van der Waals surface area contributed by atoms with Crippen molar-refractivity contribution in [2.45, 2.75) is 6.54 Å². The smallest absolute Gasteiger partial charge is 0.246 e. The maximum Gasteiger partial charge on any atom is 0.246 e. The van der Waals surface area contributed by atoms with Crippen LogP contribution >= 0.6 is 0 Å². The largest absolute Gasteiger partial charge is 0.314 e. The Kier molecular flexibility index (Phi) is 4.42. The lowest BCUT2D eigenvalue weighted by molar-refractivity contribution is -0.118. The second-order valence-electron chi connectivity index (χ2n) is 6.31. The zero-order valence-electron chi connectivity index (χ0n) is 14.8. The molecule has 0 aliphatic rings. The highest BCUT2D eigenvalue weighted by atomic mass is 19.1. The first-order chi connectivity index (χ1) is 13.1. The van der Waals surface area contributed by atoms with Crippen molar-refractivity contribution >= 4 is 22.6 Å². The van der Waals surface area contributed by atoms with E-state index in [-0.39, 0.29) is 18.3 Å². The lowest BCUT2D eigenvalue weighted by Gasteiger charge is -2.18. The first kappa shape index (κ1) is 17.0. The second kappa shape index (κ2) is 7.03. The average molecular weight is 359 g/mol.